The summed E-state index contributed by atoms with van der Waals surface area (Å²) in [5.41, 5.74) is 3.28. The van der Waals surface area contributed by atoms with Gasteiger partial charge in [0.2, 0.25) is 5.17 Å². The summed E-state index contributed by atoms with van der Waals surface area (Å²) in [6.45, 7) is 6.57. The molecule has 158 valence electrons. The van der Waals surface area contributed by atoms with Gasteiger partial charge in [-0.1, -0.05) is 44.2 Å². The van der Waals surface area contributed by atoms with E-state index >= 15 is 0 Å². The van der Waals surface area contributed by atoms with Crippen molar-refractivity contribution in [3.8, 4) is 5.75 Å². The van der Waals surface area contributed by atoms with Crippen molar-refractivity contribution in [2.45, 2.75) is 27.4 Å². The fraction of sp³-hybridized carbons (Fsp3) is 0.217. The Bertz CT molecular complexity index is 1170. The highest BCUT2D eigenvalue weighted by Gasteiger charge is 2.36. The number of benzene rings is 2. The number of nitrogens with one attached hydrogen (secondary N) is 1. The number of halogens is 1. The molecule has 1 N–H and O–H groups in total. The molecule has 0 saturated carbocycles. The van der Waals surface area contributed by atoms with Crippen molar-refractivity contribution in [2.24, 2.45) is 16.0 Å². The van der Waals surface area contributed by atoms with Crippen molar-refractivity contribution >= 4 is 55.7 Å². The second-order valence-corrected chi connectivity index (χ2v) is 9.36. The summed E-state index contributed by atoms with van der Waals surface area (Å²) in [5, 5.41) is 15.6. The Balaban J connectivity index is 1.54. The Labute approximate surface area is 193 Å². The second kappa shape index (κ2) is 8.80. The lowest BCUT2D eigenvalue weighted by atomic mass is 10.1. The molecule has 2 aliphatic rings. The van der Waals surface area contributed by atoms with Crippen LogP contribution in [0.25, 0.3) is 6.08 Å². The Kier molecular flexibility index (Phi) is 6.11. The van der Waals surface area contributed by atoms with Crippen LogP contribution >= 0.6 is 27.7 Å². The third-order valence-electron chi connectivity index (χ3n) is 4.88. The highest BCUT2D eigenvalue weighted by atomic mass is 79.9. The Morgan fingerprint density at radius 1 is 1.26 bits per heavy atom. The monoisotopic (exact) mass is 496 g/mol. The number of aliphatic imine (C=N–C) groups is 1. The highest BCUT2D eigenvalue weighted by molar-refractivity contribution is 9.10. The van der Waals surface area contributed by atoms with Gasteiger partial charge in [0.1, 0.15) is 17.4 Å². The van der Waals surface area contributed by atoms with Crippen LogP contribution in [0.4, 0.5) is 0 Å². The average Bonchev–Trinajstić information content (AvgIpc) is 3.16. The predicted molar refractivity (Wildman–Crippen MR) is 130 cm³/mol. The van der Waals surface area contributed by atoms with Crippen LogP contribution < -0.4 is 4.74 Å². The zero-order valence-electron chi connectivity index (χ0n) is 17.3. The third-order valence-corrected chi connectivity index (χ3v) is 6.70. The largest absolute Gasteiger partial charge is 0.488 e. The predicted octanol–water partition coefficient (Wildman–Crippen LogP) is 5.61. The third kappa shape index (κ3) is 4.50. The van der Waals surface area contributed by atoms with E-state index in [1.54, 1.807) is 6.08 Å². The number of aryl methyl sites for hydroxylation is 1. The van der Waals surface area contributed by atoms with Crippen molar-refractivity contribution in [2.75, 3.05) is 0 Å². The molecule has 4 rings (SSSR count). The lowest BCUT2D eigenvalue weighted by Gasteiger charge is -2.20. The first-order valence-electron chi connectivity index (χ1n) is 9.80. The Hall–Kier alpha value is -2.71. The van der Waals surface area contributed by atoms with Crippen LogP contribution in [0.2, 0.25) is 0 Å². The van der Waals surface area contributed by atoms with Crippen molar-refractivity contribution in [1.82, 2.24) is 5.01 Å². The standard InChI is InChI=1S/C23H21BrN4O2S/c1-13(2)22-27-28-20(25)17(21(29)26-23(28)31-22)10-15-8-9-19(18(24)11-15)30-12-16-7-5-4-6-14(16)3/h4-11,13,25H,12H2,1-3H3/b17-10-,25-20?. The number of hydrogen-bond acceptors (Lipinski definition) is 5. The quantitative estimate of drug-likeness (QED) is 0.545. The normalized spacial score (nSPS) is 17.2. The van der Waals surface area contributed by atoms with E-state index in [0.29, 0.717) is 17.5 Å². The number of nitrogens with zero attached hydrogens (tertiary/aromatic N) is 3. The lowest BCUT2D eigenvalue weighted by Crippen LogP contribution is -2.35. The molecule has 0 saturated heterocycles. The molecule has 31 heavy (non-hydrogen) atoms. The number of amides is 1. The van der Waals surface area contributed by atoms with Gasteiger partial charge >= 0.3 is 0 Å². The van der Waals surface area contributed by atoms with E-state index in [0.717, 1.165) is 20.6 Å². The van der Waals surface area contributed by atoms with Crippen molar-refractivity contribution < 1.29 is 9.53 Å². The fourth-order valence-corrected chi connectivity index (χ4v) is 4.46. The Morgan fingerprint density at radius 3 is 2.74 bits per heavy atom. The Morgan fingerprint density at radius 2 is 2.03 bits per heavy atom. The van der Waals surface area contributed by atoms with Crippen LogP contribution in [0.3, 0.4) is 0 Å². The van der Waals surface area contributed by atoms with E-state index < -0.39 is 5.91 Å². The maximum absolute atomic E-state index is 12.5. The fourth-order valence-electron chi connectivity index (χ4n) is 3.06. The molecule has 2 heterocycles. The van der Waals surface area contributed by atoms with E-state index in [1.807, 2.05) is 50.2 Å². The second-order valence-electron chi connectivity index (χ2n) is 7.52. The van der Waals surface area contributed by atoms with Gasteiger partial charge in [0, 0.05) is 5.92 Å². The van der Waals surface area contributed by atoms with E-state index in [9.17, 15) is 4.79 Å². The topological polar surface area (TPSA) is 78.1 Å². The van der Waals surface area contributed by atoms with Gasteiger partial charge in [0.15, 0.2) is 5.84 Å². The van der Waals surface area contributed by atoms with Crippen LogP contribution in [0, 0.1) is 18.3 Å². The molecule has 0 unspecified atom stereocenters. The maximum Gasteiger partial charge on any atom is 0.283 e. The first-order chi connectivity index (χ1) is 14.8. The molecule has 0 spiro atoms. The van der Waals surface area contributed by atoms with Crippen molar-refractivity contribution in [3.05, 3.63) is 69.2 Å². The SMILES string of the molecule is Cc1ccccc1COc1ccc(/C=C2/C(=N)N3N=C(C(C)C)SC3=NC2=O)cc1Br. The molecular formula is C23H21BrN4O2S. The smallest absolute Gasteiger partial charge is 0.283 e. The molecule has 2 aromatic rings. The van der Waals surface area contributed by atoms with E-state index in [1.165, 1.54) is 22.3 Å². The zero-order valence-corrected chi connectivity index (χ0v) is 19.8. The van der Waals surface area contributed by atoms with E-state index in [2.05, 4.69) is 39.0 Å². The molecule has 2 aliphatic heterocycles. The number of hydrazone groups is 1. The van der Waals surface area contributed by atoms with Gasteiger partial charge < -0.3 is 4.74 Å². The first-order valence-corrected chi connectivity index (χ1v) is 11.4. The van der Waals surface area contributed by atoms with Crippen molar-refractivity contribution in [1.29, 1.82) is 5.41 Å². The summed E-state index contributed by atoms with van der Waals surface area (Å²) in [7, 11) is 0. The minimum atomic E-state index is -0.431. The van der Waals surface area contributed by atoms with E-state index in [4.69, 9.17) is 10.1 Å². The van der Waals surface area contributed by atoms with Gasteiger partial charge in [-0.25, -0.2) is 0 Å². The number of ether oxygens (including phenoxy) is 1. The number of fused-ring (bicyclic) bond motifs is 1. The van der Waals surface area contributed by atoms with Gasteiger partial charge in [-0.05, 0) is 69.5 Å². The molecule has 0 bridgehead atoms. The number of thioether (sulfide) groups is 1. The molecule has 0 atom stereocenters. The molecule has 8 heteroatoms. The summed E-state index contributed by atoms with van der Waals surface area (Å²) in [6, 6.07) is 13.7. The van der Waals surface area contributed by atoms with Gasteiger partial charge in [-0.2, -0.15) is 15.1 Å². The molecule has 6 nitrogen and oxygen atoms in total. The van der Waals surface area contributed by atoms with Crippen LogP contribution in [0.5, 0.6) is 5.75 Å². The minimum absolute atomic E-state index is 0.0363. The summed E-state index contributed by atoms with van der Waals surface area (Å²) < 4.78 is 6.72. The highest BCUT2D eigenvalue weighted by Crippen LogP contribution is 2.32. The number of hydrogen-bond donors (Lipinski definition) is 1. The first kappa shape index (κ1) is 21.5. The number of amidine groups is 2. The maximum atomic E-state index is 12.5. The number of carbonyl (C=O) groups is 1. The molecule has 0 aliphatic carbocycles. The molecule has 0 fully saturated rings. The summed E-state index contributed by atoms with van der Waals surface area (Å²) in [4.78, 5) is 16.7. The average molecular weight is 497 g/mol. The molecule has 0 aromatic heterocycles. The minimum Gasteiger partial charge on any atom is -0.488 e. The summed E-state index contributed by atoms with van der Waals surface area (Å²) in [6.07, 6.45) is 1.66. The summed E-state index contributed by atoms with van der Waals surface area (Å²) in [5.74, 6) is 0.517. The van der Waals surface area contributed by atoms with Crippen LogP contribution in [-0.4, -0.2) is 27.0 Å². The number of rotatable bonds is 5. The van der Waals surface area contributed by atoms with Gasteiger partial charge in [0.25, 0.3) is 5.91 Å². The summed E-state index contributed by atoms with van der Waals surface area (Å²) >= 11 is 4.89. The van der Waals surface area contributed by atoms with Gasteiger partial charge in [-0.3, -0.25) is 10.2 Å². The van der Waals surface area contributed by atoms with Crippen LogP contribution in [0.15, 0.2) is 62.6 Å². The molecule has 2 aromatic carbocycles. The van der Waals surface area contributed by atoms with Crippen LogP contribution in [-0.2, 0) is 11.4 Å². The van der Waals surface area contributed by atoms with Gasteiger partial charge in [-0.15, -0.1) is 0 Å². The number of carbonyl (C=O) groups excluding carboxylic acids is 1. The zero-order chi connectivity index (χ0) is 22.1. The van der Waals surface area contributed by atoms with Crippen LogP contribution in [0.1, 0.15) is 30.5 Å². The van der Waals surface area contributed by atoms with Gasteiger partial charge in [0.05, 0.1) is 10.0 Å². The molecule has 1 amide bonds. The molecular weight excluding hydrogens is 476 g/mol. The molecule has 0 radical (unpaired) electrons. The van der Waals surface area contributed by atoms with E-state index in [-0.39, 0.29) is 17.3 Å². The van der Waals surface area contributed by atoms with Crippen molar-refractivity contribution in [3.63, 3.8) is 0 Å². The lowest BCUT2D eigenvalue weighted by molar-refractivity contribution is -0.114.